The Balaban J connectivity index is 0.000000155. The molecule has 0 bridgehead atoms. The normalized spacial score (nSPS) is 14.3. The highest BCUT2D eigenvalue weighted by Gasteiger charge is 2.23. The van der Waals surface area contributed by atoms with Gasteiger partial charge in [-0.3, -0.25) is 0 Å². The van der Waals surface area contributed by atoms with E-state index in [1.165, 1.54) is 24.8 Å². The zero-order valence-corrected chi connectivity index (χ0v) is 23.5. The number of fused-ring (bicyclic) bond motifs is 3. The van der Waals surface area contributed by atoms with E-state index in [4.69, 9.17) is 49.5 Å². The van der Waals surface area contributed by atoms with E-state index < -0.39 is 13.5 Å². The van der Waals surface area contributed by atoms with E-state index in [1.807, 2.05) is 84.9 Å². The van der Waals surface area contributed by atoms with Crippen molar-refractivity contribution in [2.75, 3.05) is 0 Å². The minimum atomic E-state index is -1.20. The van der Waals surface area contributed by atoms with Gasteiger partial charge in [0.1, 0.15) is 11.5 Å². The number of phenols is 1. The van der Waals surface area contributed by atoms with Gasteiger partial charge in [-0.1, -0.05) is 138 Å². The van der Waals surface area contributed by atoms with Crippen LogP contribution >= 0.6 is 58.4 Å². The van der Waals surface area contributed by atoms with Crippen LogP contribution in [0.15, 0.2) is 103 Å². The largest absolute Gasteiger partial charge is 0.507 e. The highest BCUT2D eigenvalue weighted by molar-refractivity contribution is 8.20. The topological polar surface area (TPSA) is 29.5 Å². The smallest absolute Gasteiger partial charge is 0.215 e. The molecule has 182 valence electrons. The molecule has 1 unspecified atom stereocenters. The molecule has 0 saturated heterocycles. The summed E-state index contributed by atoms with van der Waals surface area (Å²) < 4.78 is 5.69. The van der Waals surface area contributed by atoms with Crippen LogP contribution in [0.2, 0.25) is 0 Å². The molecule has 0 spiro atoms. The van der Waals surface area contributed by atoms with Crippen molar-refractivity contribution in [2.24, 2.45) is 0 Å². The molecule has 1 aliphatic carbocycles. The third-order valence-corrected chi connectivity index (χ3v) is 6.67. The molecule has 8 heteroatoms. The van der Waals surface area contributed by atoms with E-state index in [-0.39, 0.29) is 0 Å². The molecule has 6 rings (SSSR count). The molecule has 0 amide bonds. The Morgan fingerprint density at radius 3 is 1.71 bits per heavy atom. The quantitative estimate of drug-likeness (QED) is 0.226. The standard InChI is InChI=1S/C12H8ClOP.C12H10O.C3H6.Cl3P/c13-15-12-8-4-2-6-10(12)9-5-1-3-7-11(9)14-15;13-12-9-5-4-8-11(12)10-6-2-1-3-7-10;1-2-3-1;1-4(2)3/h1-8H;1-9,13H;1-3H2;. The first kappa shape index (κ1) is 28.1. The molecule has 35 heavy (non-hydrogen) atoms. The highest BCUT2D eigenvalue weighted by atomic mass is 36.0. The minimum Gasteiger partial charge on any atom is -0.507 e. The van der Waals surface area contributed by atoms with Crippen molar-refractivity contribution < 1.29 is 9.63 Å². The Morgan fingerprint density at radius 2 is 1.11 bits per heavy atom. The van der Waals surface area contributed by atoms with Gasteiger partial charge in [0.05, 0.1) is 0 Å². The first-order chi connectivity index (χ1) is 17.0. The average molecular weight is 584 g/mol. The van der Waals surface area contributed by atoms with Crippen LogP contribution in [-0.2, 0) is 0 Å². The first-order valence-corrected chi connectivity index (χ1v) is 17.1. The summed E-state index contributed by atoms with van der Waals surface area (Å²) in [6, 6.07) is 33.3. The molecule has 1 atom stereocenters. The van der Waals surface area contributed by atoms with Crippen molar-refractivity contribution in [3.8, 4) is 33.8 Å². The fourth-order valence-electron chi connectivity index (χ4n) is 3.09. The van der Waals surface area contributed by atoms with Gasteiger partial charge in [0, 0.05) is 16.4 Å². The van der Waals surface area contributed by atoms with Crippen LogP contribution in [0.1, 0.15) is 19.3 Å². The van der Waals surface area contributed by atoms with E-state index in [9.17, 15) is 5.11 Å². The predicted molar refractivity (Wildman–Crippen MR) is 157 cm³/mol. The van der Waals surface area contributed by atoms with Crippen LogP contribution in [0.4, 0.5) is 0 Å². The lowest BCUT2D eigenvalue weighted by molar-refractivity contribution is 0.477. The van der Waals surface area contributed by atoms with Crippen LogP contribution in [0.25, 0.3) is 22.3 Å². The van der Waals surface area contributed by atoms with Gasteiger partial charge >= 0.3 is 0 Å². The summed E-state index contributed by atoms with van der Waals surface area (Å²) in [4.78, 5) is 0. The molecule has 1 aliphatic heterocycles. The summed E-state index contributed by atoms with van der Waals surface area (Å²) in [6.45, 7) is 0. The van der Waals surface area contributed by atoms with Gasteiger partial charge in [-0.15, -0.1) is 0 Å². The van der Waals surface area contributed by atoms with E-state index in [0.29, 0.717) is 5.75 Å². The summed E-state index contributed by atoms with van der Waals surface area (Å²) in [5.41, 5.74) is 4.25. The lowest BCUT2D eigenvalue weighted by Crippen LogP contribution is -2.10. The van der Waals surface area contributed by atoms with Crippen molar-refractivity contribution in [3.63, 3.8) is 0 Å². The number of hydrogen-bond acceptors (Lipinski definition) is 2. The maximum absolute atomic E-state index is 9.56. The van der Waals surface area contributed by atoms with Gasteiger partial charge in [-0.05, 0) is 40.6 Å². The third-order valence-electron chi connectivity index (χ3n) is 4.79. The van der Waals surface area contributed by atoms with Crippen LogP contribution < -0.4 is 9.83 Å². The van der Waals surface area contributed by atoms with Crippen molar-refractivity contribution in [1.29, 1.82) is 0 Å². The lowest BCUT2D eigenvalue weighted by atomic mass is 10.0. The highest BCUT2D eigenvalue weighted by Crippen LogP contribution is 2.52. The predicted octanol–water partition coefficient (Wildman–Crippen LogP) is 11.1. The molecule has 1 saturated carbocycles. The summed E-state index contributed by atoms with van der Waals surface area (Å²) in [5.74, 6) is 0.0102. The van der Waals surface area contributed by atoms with Crippen LogP contribution in [0.3, 0.4) is 0 Å². The van der Waals surface area contributed by atoms with Crippen LogP contribution in [0, 0.1) is 0 Å². The number of phenolic OH excluding ortho intramolecular Hbond substituents is 1. The summed E-state index contributed by atoms with van der Waals surface area (Å²) in [6.07, 6.45) is 4.50. The van der Waals surface area contributed by atoms with E-state index in [0.717, 1.165) is 27.7 Å². The zero-order chi connectivity index (χ0) is 25.0. The van der Waals surface area contributed by atoms with E-state index in [1.54, 1.807) is 6.07 Å². The number of para-hydroxylation sites is 2. The monoisotopic (exact) mass is 582 g/mol. The maximum Gasteiger partial charge on any atom is 0.215 e. The molecule has 1 heterocycles. The van der Waals surface area contributed by atoms with Gasteiger partial charge in [-0.2, -0.15) is 0 Å². The Morgan fingerprint density at radius 1 is 0.629 bits per heavy atom. The minimum absolute atomic E-state index is 0.328. The number of benzene rings is 4. The van der Waals surface area contributed by atoms with Gasteiger partial charge in [0.25, 0.3) is 0 Å². The molecular formula is C27H24Cl4O2P2. The molecule has 2 nitrogen and oxygen atoms in total. The van der Waals surface area contributed by atoms with Gasteiger partial charge in [0.15, 0.2) is 5.98 Å². The third kappa shape index (κ3) is 9.47. The van der Waals surface area contributed by atoms with Gasteiger partial charge in [-0.25, -0.2) is 0 Å². The fraction of sp³-hybridized carbons (Fsp3) is 0.111. The SMILES string of the molecule is C1CC1.ClP(Cl)Cl.ClP1Oc2ccccc2-c2ccccc21.Oc1ccccc1-c1ccccc1. The molecule has 1 fully saturated rings. The zero-order valence-electron chi connectivity index (χ0n) is 18.7. The summed E-state index contributed by atoms with van der Waals surface area (Å²) >= 11 is 20.8. The van der Waals surface area contributed by atoms with Crippen LogP contribution in [0.5, 0.6) is 11.5 Å². The molecular weight excluding hydrogens is 560 g/mol. The second-order valence-corrected chi connectivity index (χ2v) is 14.5. The molecule has 2 aliphatic rings. The van der Waals surface area contributed by atoms with Crippen LogP contribution in [-0.4, -0.2) is 5.11 Å². The second kappa shape index (κ2) is 14.9. The molecule has 0 aromatic heterocycles. The van der Waals surface area contributed by atoms with Gasteiger partial charge in [0.2, 0.25) is 7.50 Å². The van der Waals surface area contributed by atoms with Crippen molar-refractivity contribution in [3.05, 3.63) is 103 Å². The average Bonchev–Trinajstić information content (AvgIpc) is 3.75. The molecule has 1 N–H and O–H groups in total. The Labute approximate surface area is 228 Å². The Kier molecular flexibility index (Phi) is 12.0. The Bertz CT molecular complexity index is 1180. The maximum atomic E-state index is 9.56. The van der Waals surface area contributed by atoms with E-state index in [2.05, 4.69) is 12.1 Å². The summed E-state index contributed by atoms with van der Waals surface area (Å²) in [7, 11) is -1.02. The Hall–Kier alpha value is -1.50. The molecule has 0 radical (unpaired) electrons. The molecule has 4 aromatic carbocycles. The number of hydrogen-bond donors (Lipinski definition) is 1. The number of rotatable bonds is 1. The lowest BCUT2D eigenvalue weighted by Gasteiger charge is -2.23. The fourth-order valence-corrected chi connectivity index (χ4v) is 4.78. The van der Waals surface area contributed by atoms with Crippen molar-refractivity contribution >= 4 is 63.7 Å². The van der Waals surface area contributed by atoms with Gasteiger partial charge < -0.3 is 9.63 Å². The first-order valence-electron chi connectivity index (χ1n) is 10.9. The summed E-state index contributed by atoms with van der Waals surface area (Å²) in [5, 5.41) is 10.7. The second-order valence-electron chi connectivity index (χ2n) is 7.48. The number of aromatic hydroxyl groups is 1. The van der Waals surface area contributed by atoms with E-state index >= 15 is 0 Å². The number of halogens is 4. The molecule has 4 aromatic rings. The van der Waals surface area contributed by atoms with Crippen molar-refractivity contribution in [1.82, 2.24) is 0 Å². The van der Waals surface area contributed by atoms with Crippen molar-refractivity contribution in [2.45, 2.75) is 19.3 Å².